The van der Waals surface area contributed by atoms with Gasteiger partial charge in [0.1, 0.15) is 5.75 Å². The van der Waals surface area contributed by atoms with E-state index in [2.05, 4.69) is 0 Å². The molecule has 0 fully saturated rings. The molecule has 0 aliphatic rings. The van der Waals surface area contributed by atoms with E-state index in [-0.39, 0.29) is 5.97 Å². The van der Waals surface area contributed by atoms with E-state index in [4.69, 9.17) is 4.74 Å². The van der Waals surface area contributed by atoms with Gasteiger partial charge in [-0.3, -0.25) is 4.79 Å². The average Bonchev–Trinajstić information content (AvgIpc) is 2.39. The van der Waals surface area contributed by atoms with Crippen molar-refractivity contribution in [1.29, 1.82) is 0 Å². The molecule has 92 valence electrons. The zero-order chi connectivity index (χ0) is 12.8. The van der Waals surface area contributed by atoms with E-state index >= 15 is 0 Å². The van der Waals surface area contributed by atoms with Crippen LogP contribution in [0, 0.1) is 6.92 Å². The van der Waals surface area contributed by atoms with Crippen molar-refractivity contribution in [2.45, 2.75) is 11.8 Å². The van der Waals surface area contributed by atoms with Crippen molar-refractivity contribution in [3.8, 4) is 5.75 Å². The van der Waals surface area contributed by atoms with Gasteiger partial charge in [0.05, 0.1) is 5.75 Å². The number of aryl methyl sites for hydroxylation is 1. The molecular formula is C15H14O2S. The van der Waals surface area contributed by atoms with Crippen molar-refractivity contribution in [2.24, 2.45) is 0 Å². The first-order chi connectivity index (χ1) is 8.74. The number of hydrogen-bond donors (Lipinski definition) is 0. The molecule has 0 atom stereocenters. The lowest BCUT2D eigenvalue weighted by molar-refractivity contribution is -0.131. The van der Waals surface area contributed by atoms with Crippen molar-refractivity contribution < 1.29 is 9.53 Å². The van der Waals surface area contributed by atoms with Gasteiger partial charge in [-0.2, -0.15) is 0 Å². The summed E-state index contributed by atoms with van der Waals surface area (Å²) in [6, 6.07) is 17.2. The maximum absolute atomic E-state index is 11.6. The molecule has 0 amide bonds. The first-order valence-corrected chi connectivity index (χ1v) is 6.68. The second-order valence-electron chi connectivity index (χ2n) is 3.89. The Morgan fingerprint density at radius 2 is 1.72 bits per heavy atom. The predicted molar refractivity (Wildman–Crippen MR) is 74.0 cm³/mol. The first kappa shape index (κ1) is 12.7. The number of rotatable bonds is 4. The van der Waals surface area contributed by atoms with E-state index in [0.717, 1.165) is 4.90 Å². The van der Waals surface area contributed by atoms with Gasteiger partial charge in [-0.05, 0) is 31.2 Å². The van der Waals surface area contributed by atoms with E-state index in [1.807, 2.05) is 49.4 Å². The zero-order valence-corrected chi connectivity index (χ0v) is 10.9. The quantitative estimate of drug-likeness (QED) is 0.475. The van der Waals surface area contributed by atoms with Crippen molar-refractivity contribution in [3.63, 3.8) is 0 Å². The Labute approximate surface area is 111 Å². The second kappa shape index (κ2) is 6.26. The van der Waals surface area contributed by atoms with Crippen LogP contribution in [0.5, 0.6) is 5.75 Å². The van der Waals surface area contributed by atoms with Crippen LogP contribution in [0.4, 0.5) is 0 Å². The highest BCUT2D eigenvalue weighted by atomic mass is 32.2. The van der Waals surface area contributed by atoms with Gasteiger partial charge in [0.15, 0.2) is 0 Å². The highest BCUT2D eigenvalue weighted by molar-refractivity contribution is 8.00. The molecule has 0 N–H and O–H groups in total. The molecule has 2 aromatic rings. The number of benzene rings is 2. The van der Waals surface area contributed by atoms with Gasteiger partial charge < -0.3 is 4.74 Å². The molecule has 0 bridgehead atoms. The number of carbonyl (C=O) groups is 1. The molecule has 0 spiro atoms. The second-order valence-corrected chi connectivity index (χ2v) is 4.94. The Morgan fingerprint density at radius 1 is 1.06 bits per heavy atom. The molecule has 2 nitrogen and oxygen atoms in total. The monoisotopic (exact) mass is 258 g/mol. The summed E-state index contributed by atoms with van der Waals surface area (Å²) in [5.74, 6) is 0.677. The van der Waals surface area contributed by atoms with Gasteiger partial charge in [0.25, 0.3) is 0 Å². The predicted octanol–water partition coefficient (Wildman–Crippen LogP) is 3.69. The summed E-state index contributed by atoms with van der Waals surface area (Å²) in [6.07, 6.45) is 0. The molecule has 0 aliphatic heterocycles. The van der Waals surface area contributed by atoms with Crippen LogP contribution in [-0.4, -0.2) is 11.7 Å². The molecule has 0 heterocycles. The third-order valence-corrected chi connectivity index (χ3v) is 3.34. The fourth-order valence-electron chi connectivity index (χ4n) is 1.43. The number of carbonyl (C=O) groups excluding carboxylic acids is 1. The molecule has 3 heteroatoms. The van der Waals surface area contributed by atoms with Crippen molar-refractivity contribution >= 4 is 17.7 Å². The van der Waals surface area contributed by atoms with E-state index in [9.17, 15) is 4.79 Å². The molecule has 0 aromatic heterocycles. The highest BCUT2D eigenvalue weighted by Gasteiger charge is 2.05. The van der Waals surface area contributed by atoms with Crippen molar-refractivity contribution in [3.05, 3.63) is 60.2 Å². The molecule has 2 aromatic carbocycles. The molecule has 0 radical (unpaired) electrons. The van der Waals surface area contributed by atoms with Gasteiger partial charge in [-0.1, -0.05) is 35.9 Å². The number of hydrogen-bond acceptors (Lipinski definition) is 3. The van der Waals surface area contributed by atoms with Gasteiger partial charge in [-0.25, -0.2) is 0 Å². The summed E-state index contributed by atoms with van der Waals surface area (Å²) in [5.41, 5.74) is 1.21. The van der Waals surface area contributed by atoms with Crippen LogP contribution in [0.1, 0.15) is 5.56 Å². The molecular weight excluding hydrogens is 244 g/mol. The van der Waals surface area contributed by atoms with E-state index < -0.39 is 0 Å². The highest BCUT2D eigenvalue weighted by Crippen LogP contribution is 2.19. The molecule has 18 heavy (non-hydrogen) atoms. The Kier molecular flexibility index (Phi) is 4.42. The van der Waals surface area contributed by atoms with Gasteiger partial charge in [0, 0.05) is 4.90 Å². The van der Waals surface area contributed by atoms with Crippen LogP contribution in [0.3, 0.4) is 0 Å². The van der Waals surface area contributed by atoms with Crippen molar-refractivity contribution in [1.82, 2.24) is 0 Å². The molecule has 0 aliphatic carbocycles. The largest absolute Gasteiger partial charge is 0.426 e. The molecule has 2 rings (SSSR count). The summed E-state index contributed by atoms with van der Waals surface area (Å²) < 4.78 is 5.20. The summed E-state index contributed by atoms with van der Waals surface area (Å²) in [4.78, 5) is 12.7. The van der Waals surface area contributed by atoms with Crippen LogP contribution in [0.25, 0.3) is 0 Å². The van der Waals surface area contributed by atoms with Gasteiger partial charge in [-0.15, -0.1) is 11.8 Å². The molecule has 0 saturated heterocycles. The third kappa shape index (κ3) is 3.93. The van der Waals surface area contributed by atoms with Crippen molar-refractivity contribution in [2.75, 3.05) is 5.75 Å². The number of para-hydroxylation sites is 1. The summed E-state index contributed by atoms with van der Waals surface area (Å²) in [5, 5.41) is 0. The van der Waals surface area contributed by atoms with Gasteiger partial charge in [0.2, 0.25) is 0 Å². The number of thioether (sulfide) groups is 1. The minimum Gasteiger partial charge on any atom is -0.426 e. The van der Waals surface area contributed by atoms with Gasteiger partial charge >= 0.3 is 5.97 Å². The lowest BCUT2D eigenvalue weighted by Gasteiger charge is -2.04. The standard InChI is InChI=1S/C15H14O2S/c1-12-7-9-14(10-8-12)18-11-15(16)17-13-5-3-2-4-6-13/h2-10H,11H2,1H3. The Bertz CT molecular complexity index is 506. The Morgan fingerprint density at radius 3 is 2.39 bits per heavy atom. The van der Waals surface area contributed by atoms with E-state index in [0.29, 0.717) is 11.5 Å². The third-order valence-electron chi connectivity index (χ3n) is 2.35. The van der Waals surface area contributed by atoms with Crippen LogP contribution in [0.2, 0.25) is 0 Å². The minimum atomic E-state index is -0.230. The fraction of sp³-hybridized carbons (Fsp3) is 0.133. The minimum absolute atomic E-state index is 0.230. The Balaban J connectivity index is 1.83. The normalized spacial score (nSPS) is 10.1. The lowest BCUT2D eigenvalue weighted by Crippen LogP contribution is -2.10. The van der Waals surface area contributed by atoms with Crippen LogP contribution in [0.15, 0.2) is 59.5 Å². The smallest absolute Gasteiger partial charge is 0.321 e. The topological polar surface area (TPSA) is 26.3 Å². The molecule has 0 unspecified atom stereocenters. The SMILES string of the molecule is Cc1ccc(SCC(=O)Oc2ccccc2)cc1. The van der Waals surface area contributed by atoms with E-state index in [1.54, 1.807) is 12.1 Å². The number of esters is 1. The zero-order valence-electron chi connectivity index (χ0n) is 10.1. The average molecular weight is 258 g/mol. The Hall–Kier alpha value is -1.74. The summed E-state index contributed by atoms with van der Waals surface area (Å²) in [7, 11) is 0. The lowest BCUT2D eigenvalue weighted by atomic mass is 10.2. The van der Waals surface area contributed by atoms with Crippen LogP contribution >= 0.6 is 11.8 Å². The number of ether oxygens (including phenoxy) is 1. The maximum Gasteiger partial charge on any atom is 0.321 e. The fourth-order valence-corrected chi connectivity index (χ4v) is 2.10. The summed E-state index contributed by atoms with van der Waals surface area (Å²) in [6.45, 7) is 2.04. The summed E-state index contributed by atoms with van der Waals surface area (Å²) >= 11 is 1.48. The first-order valence-electron chi connectivity index (χ1n) is 5.69. The maximum atomic E-state index is 11.6. The van der Waals surface area contributed by atoms with Crippen LogP contribution in [-0.2, 0) is 4.79 Å². The van der Waals surface area contributed by atoms with E-state index in [1.165, 1.54) is 17.3 Å². The molecule has 0 saturated carbocycles. The van der Waals surface area contributed by atoms with Crippen LogP contribution < -0.4 is 4.74 Å².